The van der Waals surface area contributed by atoms with Crippen molar-refractivity contribution in [1.29, 1.82) is 0 Å². The Kier molecular flexibility index (Phi) is 4.09. The van der Waals surface area contributed by atoms with Gasteiger partial charge in [0.25, 0.3) is 0 Å². The van der Waals surface area contributed by atoms with E-state index in [0.29, 0.717) is 6.04 Å². The number of aromatic nitrogens is 3. The zero-order chi connectivity index (χ0) is 18.2. The van der Waals surface area contributed by atoms with E-state index in [1.807, 2.05) is 12.1 Å². The monoisotopic (exact) mass is 360 g/mol. The Morgan fingerprint density at radius 3 is 2.67 bits per heavy atom. The molecule has 0 spiro atoms. The molecule has 136 valence electrons. The average Bonchev–Trinajstić information content (AvgIpc) is 3.35. The van der Waals surface area contributed by atoms with Gasteiger partial charge in [-0.2, -0.15) is 5.10 Å². The van der Waals surface area contributed by atoms with Gasteiger partial charge in [-0.15, -0.1) is 0 Å². The Balaban J connectivity index is 1.63. The highest BCUT2D eigenvalue weighted by molar-refractivity contribution is 5.89. The Hall–Kier alpha value is -2.79. The number of H-pyrrole nitrogens is 1. The third kappa shape index (κ3) is 2.98. The van der Waals surface area contributed by atoms with Crippen LogP contribution in [0.3, 0.4) is 0 Å². The molecule has 1 saturated heterocycles. The van der Waals surface area contributed by atoms with E-state index in [-0.39, 0.29) is 5.82 Å². The molecule has 4 heterocycles. The molecular weight excluding hydrogens is 339 g/mol. The number of nitrogens with zero attached hydrogens (tertiary/aromatic N) is 3. The third-order valence-corrected chi connectivity index (χ3v) is 5.70. The molecule has 0 aliphatic carbocycles. The SMILES string of the molecule is Fc1ccc(-c2[nH]nc(C3=CCN4CCCC4C3)c2-c2ccncc2)cc1. The smallest absolute Gasteiger partial charge is 0.123 e. The molecule has 2 aliphatic heterocycles. The molecule has 1 aromatic carbocycles. The molecule has 1 fully saturated rings. The summed E-state index contributed by atoms with van der Waals surface area (Å²) in [5.74, 6) is -0.236. The fourth-order valence-corrected chi connectivity index (χ4v) is 4.32. The zero-order valence-electron chi connectivity index (χ0n) is 15.0. The van der Waals surface area contributed by atoms with Crippen molar-refractivity contribution in [2.24, 2.45) is 0 Å². The van der Waals surface area contributed by atoms with Crippen molar-refractivity contribution in [2.75, 3.05) is 13.1 Å². The molecular formula is C22H21FN4. The van der Waals surface area contributed by atoms with Gasteiger partial charge < -0.3 is 0 Å². The molecule has 1 unspecified atom stereocenters. The summed E-state index contributed by atoms with van der Waals surface area (Å²) in [5.41, 5.74) is 6.30. The first kappa shape index (κ1) is 16.4. The van der Waals surface area contributed by atoms with Gasteiger partial charge in [-0.3, -0.25) is 15.0 Å². The molecule has 3 aromatic rings. The maximum atomic E-state index is 13.4. The molecule has 2 aliphatic rings. The van der Waals surface area contributed by atoms with Gasteiger partial charge in [-0.1, -0.05) is 6.08 Å². The fourth-order valence-electron chi connectivity index (χ4n) is 4.32. The minimum atomic E-state index is -0.236. The molecule has 27 heavy (non-hydrogen) atoms. The lowest BCUT2D eigenvalue weighted by Crippen LogP contribution is -2.32. The summed E-state index contributed by atoms with van der Waals surface area (Å²) in [4.78, 5) is 6.71. The van der Waals surface area contributed by atoms with Crippen LogP contribution >= 0.6 is 0 Å². The lowest BCUT2D eigenvalue weighted by Gasteiger charge is -2.28. The number of rotatable bonds is 3. The first-order chi connectivity index (χ1) is 13.3. The number of halogens is 1. The lowest BCUT2D eigenvalue weighted by molar-refractivity contribution is 0.275. The Labute approximate surface area is 157 Å². The molecule has 5 rings (SSSR count). The van der Waals surface area contributed by atoms with Gasteiger partial charge >= 0.3 is 0 Å². The maximum absolute atomic E-state index is 13.4. The first-order valence-electron chi connectivity index (χ1n) is 9.48. The summed E-state index contributed by atoms with van der Waals surface area (Å²) in [6.45, 7) is 2.20. The molecule has 5 heteroatoms. The van der Waals surface area contributed by atoms with Gasteiger partial charge in [-0.25, -0.2) is 4.39 Å². The number of fused-ring (bicyclic) bond motifs is 1. The van der Waals surface area contributed by atoms with Crippen LogP contribution in [0.15, 0.2) is 54.9 Å². The summed E-state index contributed by atoms with van der Waals surface area (Å²) in [6.07, 6.45) is 9.49. The number of hydrogen-bond donors (Lipinski definition) is 1. The van der Waals surface area contributed by atoms with Crippen LogP contribution in [0.4, 0.5) is 4.39 Å². The van der Waals surface area contributed by atoms with Crippen LogP contribution < -0.4 is 0 Å². The maximum Gasteiger partial charge on any atom is 0.123 e. The molecule has 0 amide bonds. The Morgan fingerprint density at radius 2 is 1.85 bits per heavy atom. The van der Waals surface area contributed by atoms with Crippen LogP contribution in [0, 0.1) is 5.82 Å². The van der Waals surface area contributed by atoms with Crippen molar-refractivity contribution < 1.29 is 4.39 Å². The van der Waals surface area contributed by atoms with Crippen LogP contribution in [0.5, 0.6) is 0 Å². The second-order valence-electron chi connectivity index (χ2n) is 7.29. The first-order valence-corrected chi connectivity index (χ1v) is 9.48. The van der Waals surface area contributed by atoms with E-state index in [2.05, 4.69) is 21.1 Å². The van der Waals surface area contributed by atoms with Gasteiger partial charge in [0.05, 0.1) is 11.4 Å². The van der Waals surface area contributed by atoms with Crippen LogP contribution in [-0.4, -0.2) is 39.2 Å². The van der Waals surface area contributed by atoms with Crippen molar-refractivity contribution in [1.82, 2.24) is 20.1 Å². The summed E-state index contributed by atoms with van der Waals surface area (Å²) in [5, 5.41) is 7.92. The van der Waals surface area contributed by atoms with Crippen LogP contribution in [0.1, 0.15) is 25.0 Å². The van der Waals surface area contributed by atoms with E-state index in [1.165, 1.54) is 37.1 Å². The van der Waals surface area contributed by atoms with Gasteiger partial charge in [0.2, 0.25) is 0 Å². The highest BCUT2D eigenvalue weighted by atomic mass is 19.1. The molecule has 0 radical (unpaired) electrons. The minimum Gasteiger partial charge on any atom is -0.296 e. The third-order valence-electron chi connectivity index (χ3n) is 5.70. The number of nitrogens with one attached hydrogen (secondary N) is 1. The van der Waals surface area contributed by atoms with Gasteiger partial charge in [0.1, 0.15) is 5.82 Å². The highest BCUT2D eigenvalue weighted by Crippen LogP contribution is 2.40. The molecule has 4 nitrogen and oxygen atoms in total. The second-order valence-corrected chi connectivity index (χ2v) is 7.29. The summed E-state index contributed by atoms with van der Waals surface area (Å²) in [7, 11) is 0. The number of benzene rings is 1. The molecule has 0 saturated carbocycles. The Morgan fingerprint density at radius 1 is 1.04 bits per heavy atom. The van der Waals surface area contributed by atoms with E-state index in [0.717, 1.165) is 41.0 Å². The van der Waals surface area contributed by atoms with E-state index in [1.54, 1.807) is 24.5 Å². The molecule has 2 aromatic heterocycles. The summed E-state index contributed by atoms with van der Waals surface area (Å²) >= 11 is 0. The number of aromatic amines is 1. The minimum absolute atomic E-state index is 0.236. The van der Waals surface area contributed by atoms with Gasteiger partial charge in [0, 0.05) is 36.1 Å². The average molecular weight is 360 g/mol. The van der Waals surface area contributed by atoms with Crippen molar-refractivity contribution in [2.45, 2.75) is 25.3 Å². The van der Waals surface area contributed by atoms with Crippen molar-refractivity contribution in [3.63, 3.8) is 0 Å². The normalized spacial score (nSPS) is 19.7. The highest BCUT2D eigenvalue weighted by Gasteiger charge is 2.30. The molecule has 0 bridgehead atoms. The Bertz CT molecular complexity index is 975. The van der Waals surface area contributed by atoms with Crippen molar-refractivity contribution in [3.8, 4) is 22.4 Å². The quantitative estimate of drug-likeness (QED) is 0.746. The predicted octanol–water partition coefficient (Wildman–Crippen LogP) is 4.53. The standard InChI is InChI=1S/C22H21FN4/c23-18-5-3-16(4-6-18)21-20(15-7-10-24-11-8-15)22(26-25-21)17-9-13-27-12-1-2-19(27)14-17/h3-11,19H,1-2,12-14H2,(H,25,26). The van der Waals surface area contributed by atoms with Crippen LogP contribution in [0.25, 0.3) is 28.0 Å². The van der Waals surface area contributed by atoms with Gasteiger partial charge in [0.15, 0.2) is 0 Å². The number of pyridine rings is 1. The van der Waals surface area contributed by atoms with Crippen molar-refractivity contribution in [3.05, 3.63) is 66.4 Å². The molecule has 1 atom stereocenters. The lowest BCUT2D eigenvalue weighted by atomic mass is 9.91. The zero-order valence-corrected chi connectivity index (χ0v) is 15.0. The topological polar surface area (TPSA) is 44.8 Å². The summed E-state index contributed by atoms with van der Waals surface area (Å²) < 4.78 is 13.4. The fraction of sp³-hybridized carbons (Fsp3) is 0.273. The largest absolute Gasteiger partial charge is 0.296 e. The predicted molar refractivity (Wildman–Crippen MR) is 104 cm³/mol. The summed E-state index contributed by atoms with van der Waals surface area (Å²) in [6, 6.07) is 11.2. The van der Waals surface area contributed by atoms with E-state index in [9.17, 15) is 4.39 Å². The van der Waals surface area contributed by atoms with Crippen LogP contribution in [-0.2, 0) is 0 Å². The van der Waals surface area contributed by atoms with Gasteiger partial charge in [-0.05, 0) is 73.3 Å². The molecule has 1 N–H and O–H groups in total. The van der Waals surface area contributed by atoms with E-state index in [4.69, 9.17) is 5.10 Å². The van der Waals surface area contributed by atoms with Crippen molar-refractivity contribution >= 4 is 5.57 Å². The number of hydrogen-bond acceptors (Lipinski definition) is 3. The van der Waals surface area contributed by atoms with E-state index < -0.39 is 0 Å². The second kappa shape index (κ2) is 6.74. The van der Waals surface area contributed by atoms with Crippen LogP contribution in [0.2, 0.25) is 0 Å². The van der Waals surface area contributed by atoms with E-state index >= 15 is 0 Å².